The Morgan fingerprint density at radius 2 is 1.70 bits per heavy atom. The first kappa shape index (κ1) is 9.99. The van der Waals surface area contributed by atoms with Gasteiger partial charge in [-0.15, -0.1) is 0 Å². The molecule has 58 valence electrons. The summed E-state index contributed by atoms with van der Waals surface area (Å²) in [6.45, 7) is 0. The quantitative estimate of drug-likeness (QED) is 0.547. The molecule has 0 saturated heterocycles. The van der Waals surface area contributed by atoms with Gasteiger partial charge in [0.2, 0.25) is 0 Å². The summed E-state index contributed by atoms with van der Waals surface area (Å²) < 4.78 is 20.4. The molecule has 0 aliphatic heterocycles. The van der Waals surface area contributed by atoms with Crippen LogP contribution in [0.25, 0.3) is 0 Å². The van der Waals surface area contributed by atoms with Crippen molar-refractivity contribution in [2.75, 3.05) is 0 Å². The predicted molar refractivity (Wildman–Crippen MR) is 33.6 cm³/mol. The van der Waals surface area contributed by atoms with Crippen molar-refractivity contribution in [1.82, 2.24) is 0 Å². The van der Waals surface area contributed by atoms with Gasteiger partial charge in [0, 0.05) is 25.3 Å². The van der Waals surface area contributed by atoms with Crippen molar-refractivity contribution >= 4 is 11.1 Å². The van der Waals surface area contributed by atoms with Crippen LogP contribution in [0.15, 0.2) is 35.2 Å². The van der Waals surface area contributed by atoms with Gasteiger partial charge in [0.15, 0.2) is 0 Å². The topological polar surface area (TPSA) is 40.1 Å². The molecular formula is C6H5O2PdS-. The van der Waals surface area contributed by atoms with Gasteiger partial charge < -0.3 is 4.55 Å². The minimum Gasteiger partial charge on any atom is -0.768 e. The first-order chi connectivity index (χ1) is 4.30. The van der Waals surface area contributed by atoms with Crippen molar-refractivity contribution in [2.45, 2.75) is 4.90 Å². The number of hydrogen-bond acceptors (Lipinski definition) is 2. The number of hydrogen-bond donors (Lipinski definition) is 0. The van der Waals surface area contributed by atoms with Crippen molar-refractivity contribution in [3.05, 3.63) is 30.3 Å². The summed E-state index contributed by atoms with van der Waals surface area (Å²) in [7, 11) is 0. The van der Waals surface area contributed by atoms with Gasteiger partial charge in [-0.1, -0.05) is 18.2 Å². The van der Waals surface area contributed by atoms with Gasteiger partial charge >= 0.3 is 0 Å². The Morgan fingerprint density at radius 1 is 1.20 bits per heavy atom. The normalized spacial score (nSPS) is 11.7. The molecular weight excluding hydrogens is 243 g/mol. The van der Waals surface area contributed by atoms with Crippen LogP contribution in [0.1, 0.15) is 0 Å². The van der Waals surface area contributed by atoms with E-state index in [9.17, 15) is 8.76 Å². The van der Waals surface area contributed by atoms with Crippen molar-refractivity contribution in [2.24, 2.45) is 0 Å². The molecule has 0 aliphatic rings. The molecule has 1 unspecified atom stereocenters. The molecule has 0 amide bonds. The second-order valence-electron chi connectivity index (χ2n) is 1.55. The summed E-state index contributed by atoms with van der Waals surface area (Å²) in [6.07, 6.45) is 0. The Hall–Kier alpha value is -0.00766. The summed E-state index contributed by atoms with van der Waals surface area (Å²) in [5.41, 5.74) is 0. The van der Waals surface area contributed by atoms with E-state index < -0.39 is 11.1 Å². The molecule has 0 radical (unpaired) electrons. The van der Waals surface area contributed by atoms with Gasteiger partial charge in [-0.3, -0.25) is 4.21 Å². The monoisotopic (exact) mass is 247 g/mol. The Kier molecular flexibility index (Phi) is 4.75. The molecule has 4 heteroatoms. The minimum absolute atomic E-state index is 0. The van der Waals surface area contributed by atoms with Crippen LogP contribution in [-0.4, -0.2) is 8.76 Å². The van der Waals surface area contributed by atoms with Crippen molar-refractivity contribution < 1.29 is 29.2 Å². The first-order valence-electron chi connectivity index (χ1n) is 2.45. The summed E-state index contributed by atoms with van der Waals surface area (Å²) in [5.74, 6) is 0. The van der Waals surface area contributed by atoms with E-state index in [1.807, 2.05) is 0 Å². The van der Waals surface area contributed by atoms with E-state index in [0.717, 1.165) is 0 Å². The zero-order chi connectivity index (χ0) is 6.69. The van der Waals surface area contributed by atoms with E-state index in [1.165, 1.54) is 0 Å². The van der Waals surface area contributed by atoms with Gasteiger partial charge in [0.1, 0.15) is 0 Å². The average molecular weight is 248 g/mol. The molecule has 0 aromatic heterocycles. The van der Waals surface area contributed by atoms with Gasteiger partial charge in [-0.2, -0.15) is 0 Å². The fraction of sp³-hybridized carbons (Fsp3) is 0. The fourth-order valence-electron chi connectivity index (χ4n) is 0.532. The maximum absolute atomic E-state index is 10.2. The van der Waals surface area contributed by atoms with Crippen molar-refractivity contribution in [3.63, 3.8) is 0 Å². The number of rotatable bonds is 1. The van der Waals surface area contributed by atoms with Gasteiger partial charge in [-0.05, 0) is 23.2 Å². The van der Waals surface area contributed by atoms with Crippen LogP contribution >= 0.6 is 0 Å². The molecule has 1 aromatic rings. The largest absolute Gasteiger partial charge is 0.768 e. The first-order valence-corrected chi connectivity index (χ1v) is 3.52. The Labute approximate surface area is 75.6 Å². The molecule has 2 nitrogen and oxygen atoms in total. The molecule has 0 fully saturated rings. The second-order valence-corrected chi connectivity index (χ2v) is 2.49. The maximum atomic E-state index is 10.2. The van der Waals surface area contributed by atoms with E-state index >= 15 is 0 Å². The Morgan fingerprint density at radius 3 is 2.00 bits per heavy atom. The van der Waals surface area contributed by atoms with Gasteiger partial charge in [-0.25, -0.2) is 0 Å². The fourth-order valence-corrected chi connectivity index (χ4v) is 0.911. The van der Waals surface area contributed by atoms with E-state index in [0.29, 0.717) is 4.90 Å². The van der Waals surface area contributed by atoms with Crippen LogP contribution in [0.5, 0.6) is 0 Å². The molecule has 0 saturated carbocycles. The van der Waals surface area contributed by atoms with Crippen LogP contribution < -0.4 is 0 Å². The third-order valence-corrected chi connectivity index (χ3v) is 1.59. The molecule has 1 rings (SSSR count). The summed E-state index contributed by atoms with van der Waals surface area (Å²) >= 11 is -2.08. The van der Waals surface area contributed by atoms with E-state index in [2.05, 4.69) is 0 Å². The van der Waals surface area contributed by atoms with E-state index in [4.69, 9.17) is 0 Å². The van der Waals surface area contributed by atoms with Gasteiger partial charge in [0.05, 0.1) is 0 Å². The SMILES string of the molecule is O=S([O-])c1ccccc1.[Pd]. The summed E-state index contributed by atoms with van der Waals surface area (Å²) in [6, 6.07) is 8.23. The maximum Gasteiger partial charge on any atom is 0.0248 e. The Balaban J connectivity index is 0.000000810. The molecule has 0 N–H and O–H groups in total. The molecule has 0 spiro atoms. The standard InChI is InChI=1S/C6H6O2S.Pd/c7-9(8)6-4-2-1-3-5-6;/h1-5H,(H,7,8);/p-1. The number of benzene rings is 1. The van der Waals surface area contributed by atoms with Crippen molar-refractivity contribution in [1.29, 1.82) is 0 Å². The van der Waals surface area contributed by atoms with Crippen LogP contribution in [0, 0.1) is 0 Å². The zero-order valence-corrected chi connectivity index (χ0v) is 7.30. The second kappa shape index (κ2) is 4.75. The van der Waals surface area contributed by atoms with E-state index in [1.54, 1.807) is 30.3 Å². The van der Waals surface area contributed by atoms with E-state index in [-0.39, 0.29) is 20.4 Å². The predicted octanol–water partition coefficient (Wildman–Crippen LogP) is 0.922. The summed E-state index contributed by atoms with van der Waals surface area (Å²) in [5, 5.41) is 0. The molecule has 0 heterocycles. The Bertz CT molecular complexity index is 212. The third-order valence-electron chi connectivity index (χ3n) is 0.936. The molecule has 1 atom stereocenters. The van der Waals surface area contributed by atoms with Crippen LogP contribution in [0.2, 0.25) is 0 Å². The smallest absolute Gasteiger partial charge is 0.0248 e. The van der Waals surface area contributed by atoms with Crippen LogP contribution in [-0.2, 0) is 31.5 Å². The van der Waals surface area contributed by atoms with Gasteiger partial charge in [0.25, 0.3) is 0 Å². The molecule has 0 aliphatic carbocycles. The molecule has 10 heavy (non-hydrogen) atoms. The van der Waals surface area contributed by atoms with Crippen LogP contribution in [0.3, 0.4) is 0 Å². The zero-order valence-electron chi connectivity index (χ0n) is 4.93. The molecule has 0 bridgehead atoms. The van der Waals surface area contributed by atoms with Crippen LogP contribution in [0.4, 0.5) is 0 Å². The summed E-state index contributed by atoms with van der Waals surface area (Å²) in [4.78, 5) is 0.331. The third kappa shape index (κ3) is 2.72. The average Bonchev–Trinajstić information content (AvgIpc) is 1.90. The molecule has 1 aromatic carbocycles. The minimum atomic E-state index is -2.08. The van der Waals surface area contributed by atoms with Crippen molar-refractivity contribution in [3.8, 4) is 0 Å².